The minimum atomic E-state index is -0.720. The van der Waals surface area contributed by atoms with Crippen molar-refractivity contribution < 1.29 is 4.39 Å². The highest BCUT2D eigenvalue weighted by Crippen LogP contribution is 2.48. The maximum Gasteiger partial charge on any atom is 0.0973 e. The molecule has 0 spiro atoms. The standard InChI is InChI=1S/C23H37FN2/c1-15(10-11-16(2)24)14-20-9-4-6-17(3)26-23(22(20)25)21-18-7-5-8-19(21)13-12-18/h6,14-16,18-19,21-22H,4-5,7-13,25H2,1-3H3/b17-6+,20-14-,26-23-/t15?,16?,18-,19?,21?,22?/m1/s1. The summed E-state index contributed by atoms with van der Waals surface area (Å²) < 4.78 is 13.2. The van der Waals surface area contributed by atoms with Crippen molar-refractivity contribution in [1.29, 1.82) is 0 Å². The summed E-state index contributed by atoms with van der Waals surface area (Å²) in [6, 6.07) is -0.0462. The Bertz CT molecular complexity index is 559. The second kappa shape index (κ2) is 8.82. The van der Waals surface area contributed by atoms with Crippen LogP contribution in [-0.4, -0.2) is 17.9 Å². The van der Waals surface area contributed by atoms with Gasteiger partial charge in [-0.25, -0.2) is 4.39 Å². The molecule has 0 aromatic carbocycles. The molecule has 26 heavy (non-hydrogen) atoms. The highest BCUT2D eigenvalue weighted by atomic mass is 19.1. The first kappa shape index (κ1) is 19.8. The average molecular weight is 361 g/mol. The summed E-state index contributed by atoms with van der Waals surface area (Å²) in [5.41, 5.74) is 10.6. The van der Waals surface area contributed by atoms with Crippen LogP contribution in [0.5, 0.6) is 0 Å². The van der Waals surface area contributed by atoms with E-state index in [1.807, 2.05) is 0 Å². The second-order valence-corrected chi connectivity index (χ2v) is 9.03. The molecule has 6 atom stereocenters. The van der Waals surface area contributed by atoms with E-state index >= 15 is 0 Å². The fourth-order valence-electron chi connectivity index (χ4n) is 5.47. The average Bonchev–Trinajstić information content (AvgIpc) is 2.83. The molecule has 0 saturated heterocycles. The first-order chi connectivity index (χ1) is 12.5. The molecule has 1 aliphatic heterocycles. The monoisotopic (exact) mass is 360 g/mol. The Morgan fingerprint density at radius 1 is 1.19 bits per heavy atom. The van der Waals surface area contributed by atoms with Crippen molar-refractivity contribution in [3.8, 4) is 0 Å². The summed E-state index contributed by atoms with van der Waals surface area (Å²) in [7, 11) is 0. The van der Waals surface area contributed by atoms with E-state index in [1.165, 1.54) is 43.4 Å². The molecule has 146 valence electrons. The topological polar surface area (TPSA) is 38.4 Å². The zero-order chi connectivity index (χ0) is 18.7. The van der Waals surface area contributed by atoms with Crippen LogP contribution in [0.15, 0.2) is 28.4 Å². The fourth-order valence-corrected chi connectivity index (χ4v) is 5.47. The lowest BCUT2D eigenvalue weighted by Crippen LogP contribution is -2.42. The molecule has 5 unspecified atom stereocenters. The van der Waals surface area contributed by atoms with Crippen LogP contribution in [0.3, 0.4) is 0 Å². The number of aliphatic imine (C=N–C) groups is 1. The zero-order valence-corrected chi connectivity index (χ0v) is 16.9. The first-order valence-corrected chi connectivity index (χ1v) is 10.8. The summed E-state index contributed by atoms with van der Waals surface area (Å²) in [5, 5.41) is 0. The third-order valence-corrected chi connectivity index (χ3v) is 6.83. The van der Waals surface area contributed by atoms with Gasteiger partial charge in [0.25, 0.3) is 0 Å². The molecular weight excluding hydrogens is 323 g/mol. The number of nitrogens with two attached hydrogens (primary N) is 1. The van der Waals surface area contributed by atoms with Crippen LogP contribution in [0.4, 0.5) is 4.39 Å². The number of rotatable bonds is 5. The molecule has 2 bridgehead atoms. The Hall–Kier alpha value is -0.960. The third kappa shape index (κ3) is 4.65. The van der Waals surface area contributed by atoms with Crippen LogP contribution < -0.4 is 5.73 Å². The van der Waals surface area contributed by atoms with Gasteiger partial charge in [0.1, 0.15) is 0 Å². The molecule has 1 heterocycles. The fraction of sp³-hybridized carbons (Fsp3) is 0.783. The van der Waals surface area contributed by atoms with Gasteiger partial charge in [-0.15, -0.1) is 0 Å². The van der Waals surface area contributed by atoms with Crippen molar-refractivity contribution in [2.45, 2.75) is 90.8 Å². The largest absolute Gasteiger partial charge is 0.320 e. The maximum atomic E-state index is 13.2. The molecular formula is C23H37FN2. The normalized spacial score (nSPS) is 40.1. The molecule has 0 aromatic heterocycles. The van der Waals surface area contributed by atoms with E-state index in [1.54, 1.807) is 6.92 Å². The van der Waals surface area contributed by atoms with Crippen molar-refractivity contribution in [3.05, 3.63) is 23.4 Å². The summed E-state index contributed by atoms with van der Waals surface area (Å²) in [6.45, 7) is 5.97. The smallest absolute Gasteiger partial charge is 0.0973 e. The lowest BCUT2D eigenvalue weighted by molar-refractivity contribution is 0.292. The van der Waals surface area contributed by atoms with Crippen molar-refractivity contribution in [1.82, 2.24) is 0 Å². The van der Waals surface area contributed by atoms with E-state index in [0.717, 1.165) is 36.8 Å². The summed E-state index contributed by atoms with van der Waals surface area (Å²) >= 11 is 0. The Labute approximate surface area is 159 Å². The van der Waals surface area contributed by atoms with Gasteiger partial charge >= 0.3 is 0 Å². The summed E-state index contributed by atoms with van der Waals surface area (Å²) in [5.74, 6) is 2.54. The summed E-state index contributed by atoms with van der Waals surface area (Å²) in [6.07, 6.45) is 14.2. The van der Waals surface area contributed by atoms with Gasteiger partial charge in [-0.1, -0.05) is 31.1 Å². The van der Waals surface area contributed by atoms with Crippen LogP contribution >= 0.6 is 0 Å². The lowest BCUT2D eigenvalue weighted by atomic mass is 9.72. The predicted molar refractivity (Wildman–Crippen MR) is 109 cm³/mol. The van der Waals surface area contributed by atoms with Gasteiger partial charge in [0.15, 0.2) is 0 Å². The molecule has 2 N–H and O–H groups in total. The molecule has 3 aliphatic rings. The van der Waals surface area contributed by atoms with Gasteiger partial charge in [-0.05, 0) is 83.0 Å². The molecule has 2 fully saturated rings. The van der Waals surface area contributed by atoms with Crippen molar-refractivity contribution in [2.75, 3.05) is 0 Å². The molecule has 2 aliphatic carbocycles. The van der Waals surface area contributed by atoms with Crippen LogP contribution in [0.1, 0.15) is 78.6 Å². The number of allylic oxidation sites excluding steroid dienone is 3. The minimum absolute atomic E-state index is 0.0462. The van der Waals surface area contributed by atoms with Crippen molar-refractivity contribution in [3.63, 3.8) is 0 Å². The highest BCUT2D eigenvalue weighted by Gasteiger charge is 2.43. The van der Waals surface area contributed by atoms with E-state index in [2.05, 4.69) is 26.0 Å². The SMILES string of the molecule is CC1=C\CC/C(=C/C(C)CCC(C)F)C(N)/C(C2C3CCC[C@@H]2CC3)=N\1. The van der Waals surface area contributed by atoms with Gasteiger partial charge in [-0.3, -0.25) is 4.99 Å². The van der Waals surface area contributed by atoms with Gasteiger partial charge in [0, 0.05) is 17.3 Å². The van der Waals surface area contributed by atoms with Gasteiger partial charge < -0.3 is 5.73 Å². The van der Waals surface area contributed by atoms with Crippen molar-refractivity contribution >= 4 is 5.71 Å². The maximum absolute atomic E-state index is 13.2. The lowest BCUT2D eigenvalue weighted by Gasteiger charge is -2.35. The van der Waals surface area contributed by atoms with E-state index in [-0.39, 0.29) is 6.04 Å². The van der Waals surface area contributed by atoms with E-state index in [4.69, 9.17) is 10.7 Å². The van der Waals surface area contributed by atoms with Crippen LogP contribution in [0, 0.1) is 23.7 Å². The minimum Gasteiger partial charge on any atom is -0.320 e. The molecule has 3 rings (SSSR count). The molecule has 2 saturated carbocycles. The first-order valence-electron chi connectivity index (χ1n) is 10.8. The number of fused-ring (bicyclic) bond motifs is 2. The number of nitrogens with zero attached hydrogens (tertiary/aromatic N) is 1. The Morgan fingerprint density at radius 2 is 1.88 bits per heavy atom. The highest BCUT2D eigenvalue weighted by molar-refractivity contribution is 5.95. The van der Waals surface area contributed by atoms with Crippen LogP contribution in [0.2, 0.25) is 0 Å². The van der Waals surface area contributed by atoms with E-state index in [0.29, 0.717) is 18.3 Å². The number of hydrogen-bond donors (Lipinski definition) is 1. The Kier molecular flexibility index (Phi) is 6.71. The van der Waals surface area contributed by atoms with E-state index in [9.17, 15) is 4.39 Å². The van der Waals surface area contributed by atoms with Crippen LogP contribution in [0.25, 0.3) is 0 Å². The van der Waals surface area contributed by atoms with Gasteiger partial charge in [-0.2, -0.15) is 0 Å². The molecule has 3 heteroatoms. The quantitative estimate of drug-likeness (QED) is 0.602. The predicted octanol–water partition coefficient (Wildman–Crippen LogP) is 5.98. The van der Waals surface area contributed by atoms with Crippen LogP contribution in [-0.2, 0) is 0 Å². The molecule has 0 amide bonds. The zero-order valence-electron chi connectivity index (χ0n) is 16.9. The van der Waals surface area contributed by atoms with Crippen molar-refractivity contribution in [2.24, 2.45) is 34.4 Å². The van der Waals surface area contributed by atoms with Gasteiger partial charge in [0.2, 0.25) is 0 Å². The Balaban J connectivity index is 1.83. The summed E-state index contributed by atoms with van der Waals surface area (Å²) in [4.78, 5) is 5.07. The second-order valence-electron chi connectivity index (χ2n) is 9.03. The number of hydrogen-bond acceptors (Lipinski definition) is 2. The van der Waals surface area contributed by atoms with Gasteiger partial charge in [0.05, 0.1) is 12.2 Å². The molecule has 2 nitrogen and oxygen atoms in total. The molecule has 0 radical (unpaired) electrons. The van der Waals surface area contributed by atoms with E-state index < -0.39 is 6.17 Å². The Morgan fingerprint density at radius 3 is 2.54 bits per heavy atom. The third-order valence-electron chi connectivity index (χ3n) is 6.83. The molecule has 0 aromatic rings. The number of alkyl halides is 1. The number of halogens is 1.